The van der Waals surface area contributed by atoms with Crippen molar-refractivity contribution in [1.82, 2.24) is 25.8 Å². The summed E-state index contributed by atoms with van der Waals surface area (Å²) >= 11 is 0. The Balaban J connectivity index is 1.49. The van der Waals surface area contributed by atoms with Gasteiger partial charge in [-0.1, -0.05) is 50.2 Å². The number of carbonyl (C=O) groups is 5. The lowest BCUT2D eigenvalue weighted by atomic mass is 10.0. The van der Waals surface area contributed by atoms with E-state index in [2.05, 4.69) is 16.0 Å². The van der Waals surface area contributed by atoms with E-state index in [0.29, 0.717) is 25.1 Å². The van der Waals surface area contributed by atoms with Crippen LogP contribution in [0.1, 0.15) is 61.0 Å². The summed E-state index contributed by atoms with van der Waals surface area (Å²) in [6, 6.07) is 12.3. The molecule has 0 aliphatic carbocycles. The number of hydrogen-bond donors (Lipinski definition) is 3. The summed E-state index contributed by atoms with van der Waals surface area (Å²) in [7, 11) is 1.64. The van der Waals surface area contributed by atoms with Crippen LogP contribution in [-0.4, -0.2) is 78.2 Å². The van der Waals surface area contributed by atoms with E-state index in [1.807, 2.05) is 43.0 Å². The van der Waals surface area contributed by atoms with Crippen molar-refractivity contribution in [2.75, 3.05) is 26.7 Å². The summed E-state index contributed by atoms with van der Waals surface area (Å²) in [5, 5.41) is 8.30. The Hall–Kier alpha value is -4.41. The number of ether oxygens (including phenoxy) is 1. The molecule has 11 nitrogen and oxygen atoms in total. The highest BCUT2D eigenvalue weighted by Gasteiger charge is 2.30. The second-order valence-electron chi connectivity index (χ2n) is 11.5. The molecule has 0 saturated carbocycles. The fourth-order valence-electron chi connectivity index (χ4n) is 5.19. The highest BCUT2D eigenvalue weighted by molar-refractivity contribution is 6.01. The van der Waals surface area contributed by atoms with Crippen LogP contribution in [0, 0.1) is 5.92 Å². The van der Waals surface area contributed by atoms with Crippen LogP contribution in [0.3, 0.4) is 0 Å². The number of amides is 5. The van der Waals surface area contributed by atoms with E-state index in [9.17, 15) is 24.0 Å². The quantitative estimate of drug-likeness (QED) is 0.451. The minimum Gasteiger partial charge on any atom is -0.491 e. The molecule has 3 N–H and O–H groups in total. The largest absolute Gasteiger partial charge is 0.491 e. The molecule has 43 heavy (non-hydrogen) atoms. The first-order valence-electron chi connectivity index (χ1n) is 14.8. The Kier molecular flexibility index (Phi) is 10.7. The van der Waals surface area contributed by atoms with Gasteiger partial charge in [-0.15, -0.1) is 0 Å². The molecule has 1 saturated heterocycles. The minimum atomic E-state index is -1.20. The number of nitrogens with one attached hydrogen (secondary N) is 3. The van der Waals surface area contributed by atoms with Gasteiger partial charge < -0.3 is 30.5 Å². The molecular weight excluding hydrogens is 550 g/mol. The van der Waals surface area contributed by atoms with Crippen LogP contribution in [0.4, 0.5) is 0 Å². The standard InChI is InChI=1S/C32H41N5O6/c1-21(2)17-26-32(42)36(3)15-16-43-27-8-5-4-7-24(27)30(40)35-25(18-28(38)34-26)31(41)33-19-22-10-12-23(13-11-22)20-37-14-6-9-29(37)39/h4-5,7-8,10-13,21,25-26H,6,9,14-20H2,1-3H3,(H,33,41)(H,34,38)(H,35,40)/t25-,26+/m0/s1. The van der Waals surface area contributed by atoms with Crippen molar-refractivity contribution in [2.45, 2.75) is 64.7 Å². The number of likely N-dealkylation sites (tertiary alicyclic amines) is 1. The summed E-state index contributed by atoms with van der Waals surface area (Å²) in [6.45, 7) is 5.81. The molecule has 1 fully saturated rings. The third-order valence-electron chi connectivity index (χ3n) is 7.58. The fraction of sp³-hybridized carbons (Fsp3) is 0.469. The maximum absolute atomic E-state index is 13.4. The third-order valence-corrected chi connectivity index (χ3v) is 7.58. The molecule has 2 aromatic rings. The van der Waals surface area contributed by atoms with Gasteiger partial charge in [-0.25, -0.2) is 0 Å². The third kappa shape index (κ3) is 8.79. The van der Waals surface area contributed by atoms with Gasteiger partial charge in [-0.05, 0) is 42.0 Å². The van der Waals surface area contributed by atoms with Gasteiger partial charge in [-0.2, -0.15) is 0 Å². The van der Waals surface area contributed by atoms with Gasteiger partial charge in [-0.3, -0.25) is 24.0 Å². The lowest BCUT2D eigenvalue weighted by Gasteiger charge is -2.27. The molecule has 0 aromatic heterocycles. The number of nitrogens with zero attached hydrogens (tertiary/aromatic N) is 2. The van der Waals surface area contributed by atoms with E-state index in [0.717, 1.165) is 24.1 Å². The van der Waals surface area contributed by atoms with E-state index in [4.69, 9.17) is 4.74 Å². The van der Waals surface area contributed by atoms with Crippen LogP contribution in [0.15, 0.2) is 48.5 Å². The van der Waals surface area contributed by atoms with Gasteiger partial charge in [0.15, 0.2) is 0 Å². The van der Waals surface area contributed by atoms with Crippen molar-refractivity contribution in [1.29, 1.82) is 0 Å². The number of rotatable bonds is 7. The van der Waals surface area contributed by atoms with E-state index in [1.54, 1.807) is 31.3 Å². The SMILES string of the molecule is CC(C)C[C@H]1NC(=O)C[C@@H](C(=O)NCc2ccc(CN3CCCC3=O)cc2)NC(=O)c2ccccc2OCCN(C)C1=O. The zero-order valence-electron chi connectivity index (χ0n) is 25.1. The highest BCUT2D eigenvalue weighted by atomic mass is 16.5. The first-order chi connectivity index (χ1) is 20.6. The predicted molar refractivity (Wildman–Crippen MR) is 160 cm³/mol. The summed E-state index contributed by atoms with van der Waals surface area (Å²) in [4.78, 5) is 68.3. The van der Waals surface area contributed by atoms with E-state index < -0.39 is 29.8 Å². The average molecular weight is 592 g/mol. The second kappa shape index (κ2) is 14.7. The molecule has 2 atom stereocenters. The van der Waals surface area contributed by atoms with E-state index in [-0.39, 0.29) is 49.4 Å². The van der Waals surface area contributed by atoms with E-state index >= 15 is 0 Å². The van der Waals surface area contributed by atoms with Crippen LogP contribution < -0.4 is 20.7 Å². The summed E-state index contributed by atoms with van der Waals surface area (Å²) in [5.41, 5.74) is 2.04. The molecule has 2 aromatic carbocycles. The number of benzene rings is 2. The maximum atomic E-state index is 13.4. The second-order valence-corrected chi connectivity index (χ2v) is 11.5. The maximum Gasteiger partial charge on any atom is 0.255 e. The smallest absolute Gasteiger partial charge is 0.255 e. The molecule has 2 heterocycles. The first-order valence-corrected chi connectivity index (χ1v) is 14.8. The normalized spacial score (nSPS) is 20.2. The van der Waals surface area contributed by atoms with Crippen molar-refractivity contribution >= 4 is 29.5 Å². The molecule has 0 radical (unpaired) electrons. The molecule has 0 spiro atoms. The molecule has 230 valence electrons. The number of carbonyl (C=O) groups excluding carboxylic acids is 5. The Morgan fingerprint density at radius 2 is 1.72 bits per heavy atom. The van der Waals surface area contributed by atoms with Crippen molar-refractivity contribution in [3.05, 3.63) is 65.2 Å². The Morgan fingerprint density at radius 1 is 1.00 bits per heavy atom. The van der Waals surface area contributed by atoms with Crippen LogP contribution >= 0.6 is 0 Å². The number of hydrogen-bond acceptors (Lipinski definition) is 6. The lowest BCUT2D eigenvalue weighted by molar-refractivity contribution is -0.136. The van der Waals surface area contributed by atoms with E-state index in [1.165, 1.54) is 4.90 Å². The van der Waals surface area contributed by atoms with Gasteiger partial charge in [0.1, 0.15) is 24.4 Å². The zero-order valence-corrected chi connectivity index (χ0v) is 25.1. The van der Waals surface area contributed by atoms with Gasteiger partial charge in [0, 0.05) is 33.1 Å². The van der Waals surface area contributed by atoms with Crippen LogP contribution in [0.2, 0.25) is 0 Å². The lowest BCUT2D eigenvalue weighted by Crippen LogP contribution is -2.53. The topological polar surface area (TPSA) is 137 Å². The average Bonchev–Trinajstić information content (AvgIpc) is 3.38. The Labute approximate surface area is 252 Å². The molecule has 0 bridgehead atoms. The fourth-order valence-corrected chi connectivity index (χ4v) is 5.19. The Morgan fingerprint density at radius 3 is 2.42 bits per heavy atom. The molecular formula is C32H41N5O6. The minimum absolute atomic E-state index is 0.130. The highest BCUT2D eigenvalue weighted by Crippen LogP contribution is 2.19. The van der Waals surface area contributed by atoms with Gasteiger partial charge in [0.25, 0.3) is 5.91 Å². The number of para-hydroxylation sites is 1. The zero-order chi connectivity index (χ0) is 30.9. The Bertz CT molecular complexity index is 1330. The van der Waals surface area contributed by atoms with Crippen LogP contribution in [0.25, 0.3) is 0 Å². The molecule has 2 aliphatic rings. The van der Waals surface area contributed by atoms with Gasteiger partial charge in [0.2, 0.25) is 23.6 Å². The van der Waals surface area contributed by atoms with Crippen LogP contribution in [-0.2, 0) is 32.3 Å². The van der Waals surface area contributed by atoms with Crippen molar-refractivity contribution in [2.24, 2.45) is 5.92 Å². The number of fused-ring (bicyclic) bond motifs is 1. The van der Waals surface area contributed by atoms with Crippen LogP contribution in [0.5, 0.6) is 5.75 Å². The summed E-state index contributed by atoms with van der Waals surface area (Å²) in [5.74, 6) is -1.25. The predicted octanol–water partition coefficient (Wildman–Crippen LogP) is 2.00. The molecule has 11 heteroatoms. The van der Waals surface area contributed by atoms with Crippen molar-refractivity contribution in [3.8, 4) is 5.75 Å². The molecule has 2 aliphatic heterocycles. The van der Waals surface area contributed by atoms with Gasteiger partial charge in [0.05, 0.1) is 18.5 Å². The molecule has 0 unspecified atom stereocenters. The monoisotopic (exact) mass is 591 g/mol. The first kappa shape index (κ1) is 31.5. The number of likely N-dealkylation sites (N-methyl/N-ethyl adjacent to an activating group) is 1. The summed E-state index contributed by atoms with van der Waals surface area (Å²) < 4.78 is 5.85. The van der Waals surface area contributed by atoms with Crippen molar-refractivity contribution in [3.63, 3.8) is 0 Å². The van der Waals surface area contributed by atoms with Gasteiger partial charge >= 0.3 is 0 Å². The molecule has 5 amide bonds. The molecule has 4 rings (SSSR count). The van der Waals surface area contributed by atoms with Crippen molar-refractivity contribution < 1.29 is 28.7 Å². The summed E-state index contributed by atoms with van der Waals surface area (Å²) in [6.07, 6.45) is 1.53.